The molecule has 0 unspecified atom stereocenters. The van der Waals surface area contributed by atoms with E-state index in [2.05, 4.69) is 16.9 Å². The van der Waals surface area contributed by atoms with Crippen LogP contribution in [-0.4, -0.2) is 42.0 Å². The van der Waals surface area contributed by atoms with Gasteiger partial charge in [0.25, 0.3) is 0 Å². The summed E-state index contributed by atoms with van der Waals surface area (Å²) < 4.78 is 25.0. The molecule has 0 bridgehead atoms. The lowest BCUT2D eigenvalue weighted by Gasteiger charge is -2.30. The summed E-state index contributed by atoms with van der Waals surface area (Å²) in [5.41, 5.74) is 3.04. The van der Waals surface area contributed by atoms with Gasteiger partial charge in [-0.25, -0.2) is 17.7 Å². The van der Waals surface area contributed by atoms with E-state index in [1.54, 1.807) is 15.6 Å². The van der Waals surface area contributed by atoms with Crippen LogP contribution in [0.5, 0.6) is 0 Å². The number of hydrogen-bond acceptors (Lipinski definition) is 5. The minimum Gasteiger partial charge on any atom is -0.260 e. The molecule has 124 valence electrons. The topological polar surface area (TPSA) is 63.2 Å². The smallest absolute Gasteiger partial charge is 0.211 e. The summed E-state index contributed by atoms with van der Waals surface area (Å²) in [5.74, 6) is 0.173. The predicted molar refractivity (Wildman–Crippen MR) is 93.2 cm³/mol. The Balaban J connectivity index is 1.79. The second kappa shape index (κ2) is 6.30. The molecule has 1 saturated heterocycles. The molecule has 3 heterocycles. The molecule has 2 aromatic heterocycles. The van der Waals surface area contributed by atoms with Crippen molar-refractivity contribution in [1.82, 2.24) is 14.3 Å². The molecular formula is C16H21N3O2S2. The van der Waals surface area contributed by atoms with E-state index in [-0.39, 0.29) is 5.92 Å². The van der Waals surface area contributed by atoms with Crippen molar-refractivity contribution in [3.05, 3.63) is 34.6 Å². The van der Waals surface area contributed by atoms with Gasteiger partial charge in [0.05, 0.1) is 11.9 Å². The Morgan fingerprint density at radius 1 is 1.30 bits per heavy atom. The highest BCUT2D eigenvalue weighted by Crippen LogP contribution is 2.30. The van der Waals surface area contributed by atoms with Crippen LogP contribution >= 0.6 is 11.3 Å². The van der Waals surface area contributed by atoms with Crippen molar-refractivity contribution in [3.63, 3.8) is 0 Å². The number of hydrogen-bond donors (Lipinski definition) is 0. The summed E-state index contributed by atoms with van der Waals surface area (Å²) in [5, 5.41) is 0.987. The number of aryl methyl sites for hydroxylation is 2. The third-order valence-corrected chi connectivity index (χ3v) is 6.72. The molecule has 0 N–H and O–H groups in total. The number of pyridine rings is 1. The van der Waals surface area contributed by atoms with Crippen molar-refractivity contribution in [3.8, 4) is 10.6 Å². The van der Waals surface area contributed by atoms with Gasteiger partial charge in [0, 0.05) is 41.3 Å². The summed E-state index contributed by atoms with van der Waals surface area (Å²) in [6.07, 6.45) is 4.99. The van der Waals surface area contributed by atoms with Gasteiger partial charge in [-0.3, -0.25) is 4.98 Å². The van der Waals surface area contributed by atoms with Crippen LogP contribution in [0.1, 0.15) is 35.0 Å². The van der Waals surface area contributed by atoms with Crippen molar-refractivity contribution < 1.29 is 8.42 Å². The fourth-order valence-corrected chi connectivity index (χ4v) is 4.67. The van der Waals surface area contributed by atoms with Gasteiger partial charge in [-0.1, -0.05) is 0 Å². The number of piperidine rings is 1. The van der Waals surface area contributed by atoms with E-state index in [1.807, 2.05) is 25.3 Å². The molecule has 1 aliphatic heterocycles. The van der Waals surface area contributed by atoms with Crippen molar-refractivity contribution >= 4 is 21.4 Å². The average Bonchev–Trinajstić information content (AvgIpc) is 2.86. The Morgan fingerprint density at radius 3 is 2.65 bits per heavy atom. The fraction of sp³-hybridized carbons (Fsp3) is 0.500. The monoisotopic (exact) mass is 351 g/mol. The number of aromatic nitrogens is 2. The van der Waals surface area contributed by atoms with Gasteiger partial charge < -0.3 is 0 Å². The Labute approximate surface area is 141 Å². The van der Waals surface area contributed by atoms with Crippen LogP contribution in [0.4, 0.5) is 0 Å². The lowest BCUT2D eigenvalue weighted by Crippen LogP contribution is -2.38. The molecule has 1 aliphatic rings. The Kier molecular flexibility index (Phi) is 4.53. The predicted octanol–water partition coefficient (Wildman–Crippen LogP) is 2.96. The quantitative estimate of drug-likeness (QED) is 0.853. The zero-order valence-electron chi connectivity index (χ0n) is 13.6. The molecule has 1 atom stereocenters. The van der Waals surface area contributed by atoms with Crippen molar-refractivity contribution in [1.29, 1.82) is 0 Å². The van der Waals surface area contributed by atoms with Gasteiger partial charge in [-0.2, -0.15) is 0 Å². The molecular weight excluding hydrogens is 330 g/mol. The Morgan fingerprint density at radius 2 is 2.09 bits per heavy atom. The van der Waals surface area contributed by atoms with Crippen LogP contribution in [0.25, 0.3) is 10.6 Å². The molecule has 5 nitrogen and oxygen atoms in total. The molecule has 0 saturated carbocycles. The first-order chi connectivity index (χ1) is 10.8. The van der Waals surface area contributed by atoms with Gasteiger partial charge >= 0.3 is 0 Å². The van der Waals surface area contributed by atoms with Crippen LogP contribution in [-0.2, 0) is 10.0 Å². The van der Waals surface area contributed by atoms with Gasteiger partial charge in [-0.15, -0.1) is 11.3 Å². The summed E-state index contributed by atoms with van der Waals surface area (Å²) in [6, 6.07) is 4.05. The molecule has 3 rings (SSSR count). The van der Waals surface area contributed by atoms with Gasteiger partial charge in [0.2, 0.25) is 10.0 Å². The normalized spacial score (nSPS) is 19.9. The zero-order valence-corrected chi connectivity index (χ0v) is 15.2. The van der Waals surface area contributed by atoms with E-state index in [4.69, 9.17) is 0 Å². The first-order valence-electron chi connectivity index (χ1n) is 7.70. The number of nitrogens with zero attached hydrogens (tertiary/aromatic N) is 3. The lowest BCUT2D eigenvalue weighted by atomic mass is 9.95. The summed E-state index contributed by atoms with van der Waals surface area (Å²) in [6.45, 7) is 5.23. The first kappa shape index (κ1) is 16.5. The lowest BCUT2D eigenvalue weighted by molar-refractivity contribution is 0.314. The molecule has 0 amide bonds. The van der Waals surface area contributed by atoms with E-state index < -0.39 is 10.0 Å². The fourth-order valence-electron chi connectivity index (χ4n) is 2.85. The van der Waals surface area contributed by atoms with Crippen LogP contribution in [0.2, 0.25) is 0 Å². The number of thiazole rings is 1. The molecule has 2 aromatic rings. The maximum Gasteiger partial charge on any atom is 0.211 e. The zero-order chi connectivity index (χ0) is 16.6. The third kappa shape index (κ3) is 3.62. The number of rotatable bonds is 3. The molecule has 23 heavy (non-hydrogen) atoms. The first-order valence-corrected chi connectivity index (χ1v) is 10.4. The third-order valence-electron chi connectivity index (χ3n) is 4.33. The van der Waals surface area contributed by atoms with E-state index in [0.29, 0.717) is 13.1 Å². The second-order valence-electron chi connectivity index (χ2n) is 6.09. The minimum atomic E-state index is -3.12. The number of sulfonamides is 1. The highest BCUT2D eigenvalue weighted by atomic mass is 32.2. The molecule has 0 aliphatic carbocycles. The van der Waals surface area contributed by atoms with E-state index in [0.717, 1.165) is 34.8 Å². The van der Waals surface area contributed by atoms with Crippen molar-refractivity contribution in [2.24, 2.45) is 0 Å². The van der Waals surface area contributed by atoms with Crippen LogP contribution in [0.15, 0.2) is 18.3 Å². The summed E-state index contributed by atoms with van der Waals surface area (Å²) in [7, 11) is -3.12. The van der Waals surface area contributed by atoms with Crippen LogP contribution in [0, 0.1) is 13.8 Å². The van der Waals surface area contributed by atoms with Gasteiger partial charge in [-0.05, 0) is 38.8 Å². The Hall–Kier alpha value is -1.31. The molecule has 0 aromatic carbocycles. The Bertz CT molecular complexity index is 778. The van der Waals surface area contributed by atoms with Crippen molar-refractivity contribution in [2.45, 2.75) is 32.6 Å². The van der Waals surface area contributed by atoms with E-state index in [1.165, 1.54) is 11.1 Å². The highest BCUT2D eigenvalue weighted by Gasteiger charge is 2.27. The van der Waals surface area contributed by atoms with Crippen LogP contribution < -0.4 is 0 Å². The standard InChI is InChI=1S/C16H21N3O2S2/c1-11-12(2)22-16(18-11)13-6-7-15(17-9-13)14-5-4-8-19(10-14)23(3,20)21/h6-7,9,14H,4-5,8,10H2,1-3H3/t14-/m0/s1. The van der Waals surface area contributed by atoms with Gasteiger partial charge in [0.15, 0.2) is 0 Å². The molecule has 1 fully saturated rings. The SMILES string of the molecule is Cc1nc(-c2ccc([C@H]3CCCN(S(C)(=O)=O)C3)nc2)sc1C. The van der Waals surface area contributed by atoms with Crippen LogP contribution in [0.3, 0.4) is 0 Å². The summed E-state index contributed by atoms with van der Waals surface area (Å²) >= 11 is 1.67. The highest BCUT2D eigenvalue weighted by molar-refractivity contribution is 7.88. The van der Waals surface area contributed by atoms with E-state index in [9.17, 15) is 8.42 Å². The van der Waals surface area contributed by atoms with Crippen molar-refractivity contribution in [2.75, 3.05) is 19.3 Å². The maximum absolute atomic E-state index is 11.7. The van der Waals surface area contributed by atoms with E-state index >= 15 is 0 Å². The summed E-state index contributed by atoms with van der Waals surface area (Å²) in [4.78, 5) is 10.4. The molecule has 0 radical (unpaired) electrons. The van der Waals surface area contributed by atoms with Gasteiger partial charge in [0.1, 0.15) is 5.01 Å². The average molecular weight is 351 g/mol. The maximum atomic E-state index is 11.7. The second-order valence-corrected chi connectivity index (χ2v) is 9.28. The minimum absolute atomic E-state index is 0.173. The molecule has 7 heteroatoms. The largest absolute Gasteiger partial charge is 0.260 e. The molecule has 0 spiro atoms.